The van der Waals surface area contributed by atoms with Gasteiger partial charge in [0.25, 0.3) is 0 Å². The van der Waals surface area contributed by atoms with Crippen LogP contribution in [0.5, 0.6) is 0 Å². The molecule has 8 heteroatoms. The SMILES string of the molecule is CN=C(NCCc1cc(F)ccc1F)NCCC(F)(F)F. The van der Waals surface area contributed by atoms with E-state index in [-0.39, 0.29) is 31.0 Å². The average Bonchev–Trinajstić information content (AvgIpc) is 2.39. The highest BCUT2D eigenvalue weighted by Gasteiger charge is 2.26. The summed E-state index contributed by atoms with van der Waals surface area (Å²) < 4.78 is 62.3. The number of nitrogens with zero attached hydrogens (tertiary/aromatic N) is 1. The van der Waals surface area contributed by atoms with Crippen molar-refractivity contribution in [2.45, 2.75) is 19.0 Å². The number of hydrogen-bond acceptors (Lipinski definition) is 1. The zero-order chi connectivity index (χ0) is 15.9. The van der Waals surface area contributed by atoms with Gasteiger partial charge >= 0.3 is 6.18 Å². The zero-order valence-corrected chi connectivity index (χ0v) is 11.4. The molecule has 1 rings (SSSR count). The van der Waals surface area contributed by atoms with E-state index >= 15 is 0 Å². The van der Waals surface area contributed by atoms with Crippen LogP contribution in [0.3, 0.4) is 0 Å². The lowest BCUT2D eigenvalue weighted by Crippen LogP contribution is -2.39. The molecule has 1 aromatic carbocycles. The van der Waals surface area contributed by atoms with Gasteiger partial charge in [0.15, 0.2) is 5.96 Å². The predicted octanol–water partition coefficient (Wildman–Crippen LogP) is 2.62. The number of rotatable bonds is 5. The van der Waals surface area contributed by atoms with Crippen molar-refractivity contribution in [1.29, 1.82) is 0 Å². The van der Waals surface area contributed by atoms with E-state index in [1.807, 2.05) is 0 Å². The van der Waals surface area contributed by atoms with Gasteiger partial charge in [-0.05, 0) is 30.2 Å². The Morgan fingerprint density at radius 3 is 2.43 bits per heavy atom. The molecule has 0 fully saturated rings. The Kier molecular flexibility index (Phi) is 6.39. The predicted molar refractivity (Wildman–Crippen MR) is 70.1 cm³/mol. The molecule has 0 spiro atoms. The number of nitrogens with one attached hydrogen (secondary N) is 2. The van der Waals surface area contributed by atoms with Gasteiger partial charge in [-0.25, -0.2) is 8.78 Å². The quantitative estimate of drug-likeness (QED) is 0.498. The molecular weight excluding hydrogens is 293 g/mol. The lowest BCUT2D eigenvalue weighted by Gasteiger charge is -2.13. The summed E-state index contributed by atoms with van der Waals surface area (Å²) in [5, 5.41) is 5.22. The van der Waals surface area contributed by atoms with Crippen LogP contribution in [0.25, 0.3) is 0 Å². The first-order chi connectivity index (χ1) is 9.81. The fourth-order valence-corrected chi connectivity index (χ4v) is 1.59. The zero-order valence-electron chi connectivity index (χ0n) is 11.4. The molecule has 0 saturated heterocycles. The molecule has 2 N–H and O–H groups in total. The second-order valence-corrected chi connectivity index (χ2v) is 4.28. The summed E-state index contributed by atoms with van der Waals surface area (Å²) in [5.41, 5.74) is 0.188. The van der Waals surface area contributed by atoms with Crippen LogP contribution >= 0.6 is 0 Å². The van der Waals surface area contributed by atoms with Gasteiger partial charge in [0.2, 0.25) is 0 Å². The van der Waals surface area contributed by atoms with Gasteiger partial charge in [0.05, 0.1) is 6.42 Å². The highest BCUT2D eigenvalue weighted by Crippen LogP contribution is 2.18. The van der Waals surface area contributed by atoms with Crippen LogP contribution in [0.1, 0.15) is 12.0 Å². The third-order valence-corrected chi connectivity index (χ3v) is 2.62. The third kappa shape index (κ3) is 6.92. The van der Waals surface area contributed by atoms with E-state index in [0.29, 0.717) is 0 Å². The summed E-state index contributed by atoms with van der Waals surface area (Å²) in [5.74, 6) is -0.895. The smallest absolute Gasteiger partial charge is 0.356 e. The molecule has 1 aromatic rings. The molecule has 21 heavy (non-hydrogen) atoms. The Labute approximate surface area is 119 Å². The first kappa shape index (κ1) is 17.2. The van der Waals surface area contributed by atoms with Crippen molar-refractivity contribution in [1.82, 2.24) is 10.6 Å². The first-order valence-corrected chi connectivity index (χ1v) is 6.27. The molecule has 0 amide bonds. The second kappa shape index (κ2) is 7.80. The van der Waals surface area contributed by atoms with Crippen molar-refractivity contribution in [3.63, 3.8) is 0 Å². The van der Waals surface area contributed by atoms with E-state index in [4.69, 9.17) is 0 Å². The summed E-state index contributed by atoms with van der Waals surface area (Å²) in [6.07, 6.45) is -5.04. The molecule has 118 valence electrons. The Morgan fingerprint density at radius 2 is 1.81 bits per heavy atom. The van der Waals surface area contributed by atoms with E-state index in [1.54, 1.807) is 0 Å². The molecule has 0 aromatic heterocycles. The van der Waals surface area contributed by atoms with Crippen molar-refractivity contribution < 1.29 is 22.0 Å². The van der Waals surface area contributed by atoms with Crippen LogP contribution in [-0.2, 0) is 6.42 Å². The van der Waals surface area contributed by atoms with Gasteiger partial charge in [-0.15, -0.1) is 0 Å². The number of guanidine groups is 1. The Hall–Kier alpha value is -1.86. The maximum Gasteiger partial charge on any atom is 0.390 e. The van der Waals surface area contributed by atoms with Crippen molar-refractivity contribution >= 4 is 5.96 Å². The van der Waals surface area contributed by atoms with Crippen molar-refractivity contribution in [2.75, 3.05) is 20.1 Å². The molecule has 0 unspecified atom stereocenters. The molecular formula is C13H16F5N3. The number of benzene rings is 1. The number of aliphatic imine (C=N–C) groups is 1. The van der Waals surface area contributed by atoms with Crippen LogP contribution in [0.2, 0.25) is 0 Å². The van der Waals surface area contributed by atoms with Gasteiger partial charge in [0, 0.05) is 20.1 Å². The van der Waals surface area contributed by atoms with E-state index < -0.39 is 24.2 Å². The molecule has 0 bridgehead atoms. The molecule has 0 saturated carbocycles. The average molecular weight is 309 g/mol. The lowest BCUT2D eigenvalue weighted by molar-refractivity contribution is -0.132. The summed E-state index contributed by atoms with van der Waals surface area (Å²) in [6, 6.07) is 3.13. The summed E-state index contributed by atoms with van der Waals surface area (Å²) in [6.45, 7) is -0.0937. The third-order valence-electron chi connectivity index (χ3n) is 2.62. The summed E-state index contributed by atoms with van der Waals surface area (Å²) in [7, 11) is 1.41. The first-order valence-electron chi connectivity index (χ1n) is 6.27. The van der Waals surface area contributed by atoms with E-state index in [1.165, 1.54) is 7.05 Å². The van der Waals surface area contributed by atoms with Crippen LogP contribution in [0.4, 0.5) is 22.0 Å². The summed E-state index contributed by atoms with van der Waals surface area (Å²) >= 11 is 0. The Morgan fingerprint density at radius 1 is 1.14 bits per heavy atom. The molecule has 0 aliphatic heterocycles. The lowest BCUT2D eigenvalue weighted by atomic mass is 10.1. The Balaban J connectivity index is 2.37. The highest BCUT2D eigenvalue weighted by molar-refractivity contribution is 5.79. The minimum absolute atomic E-state index is 0.177. The molecule has 0 atom stereocenters. The number of hydrogen-bond donors (Lipinski definition) is 2. The maximum atomic E-state index is 13.3. The minimum atomic E-state index is -4.24. The molecule has 0 aliphatic rings. The summed E-state index contributed by atoms with van der Waals surface area (Å²) in [4.78, 5) is 3.74. The second-order valence-electron chi connectivity index (χ2n) is 4.28. The standard InChI is InChI=1S/C13H16F5N3/c1-19-12(21-7-5-13(16,17)18)20-6-4-9-8-10(14)2-3-11(9)15/h2-3,8H,4-7H2,1H3,(H2,19,20,21). The van der Waals surface area contributed by atoms with Crippen LogP contribution in [-0.4, -0.2) is 32.3 Å². The molecule has 0 radical (unpaired) electrons. The van der Waals surface area contributed by atoms with Crippen LogP contribution in [0.15, 0.2) is 23.2 Å². The Bertz CT molecular complexity index is 485. The molecule has 3 nitrogen and oxygen atoms in total. The fourth-order valence-electron chi connectivity index (χ4n) is 1.59. The normalized spacial score (nSPS) is 12.4. The van der Waals surface area contributed by atoms with Crippen LogP contribution < -0.4 is 10.6 Å². The number of alkyl halides is 3. The van der Waals surface area contributed by atoms with Gasteiger partial charge in [0.1, 0.15) is 11.6 Å². The van der Waals surface area contributed by atoms with Gasteiger partial charge in [-0.2, -0.15) is 13.2 Å². The fraction of sp³-hybridized carbons (Fsp3) is 0.462. The minimum Gasteiger partial charge on any atom is -0.356 e. The van der Waals surface area contributed by atoms with Crippen molar-refractivity contribution in [3.8, 4) is 0 Å². The van der Waals surface area contributed by atoms with Gasteiger partial charge in [-0.1, -0.05) is 0 Å². The van der Waals surface area contributed by atoms with Gasteiger partial charge < -0.3 is 10.6 Å². The highest BCUT2D eigenvalue weighted by atomic mass is 19.4. The van der Waals surface area contributed by atoms with E-state index in [9.17, 15) is 22.0 Å². The molecule has 0 aliphatic carbocycles. The van der Waals surface area contributed by atoms with Crippen LogP contribution in [0, 0.1) is 11.6 Å². The van der Waals surface area contributed by atoms with Crippen molar-refractivity contribution in [2.24, 2.45) is 4.99 Å². The maximum absolute atomic E-state index is 13.3. The van der Waals surface area contributed by atoms with Gasteiger partial charge in [-0.3, -0.25) is 4.99 Å². The van der Waals surface area contributed by atoms with E-state index in [0.717, 1.165) is 18.2 Å². The largest absolute Gasteiger partial charge is 0.390 e. The number of halogens is 5. The van der Waals surface area contributed by atoms with Crippen molar-refractivity contribution in [3.05, 3.63) is 35.4 Å². The topological polar surface area (TPSA) is 36.4 Å². The van der Waals surface area contributed by atoms with E-state index in [2.05, 4.69) is 15.6 Å². The monoisotopic (exact) mass is 309 g/mol. The molecule has 0 heterocycles.